The van der Waals surface area contributed by atoms with E-state index in [1.165, 1.54) is 23.3 Å². The van der Waals surface area contributed by atoms with E-state index in [0.29, 0.717) is 33.4 Å². The predicted octanol–water partition coefficient (Wildman–Crippen LogP) is 6.40. The summed E-state index contributed by atoms with van der Waals surface area (Å²) >= 11 is 0. The second-order valence-corrected chi connectivity index (χ2v) is 8.01. The molecule has 0 bridgehead atoms. The van der Waals surface area contributed by atoms with Crippen LogP contribution >= 0.6 is 0 Å². The van der Waals surface area contributed by atoms with Crippen LogP contribution in [0.15, 0.2) is 34.9 Å². The minimum atomic E-state index is -0.384. The van der Waals surface area contributed by atoms with Crippen molar-refractivity contribution in [2.24, 2.45) is 7.05 Å². The van der Waals surface area contributed by atoms with E-state index in [0.717, 1.165) is 16.8 Å². The van der Waals surface area contributed by atoms with Gasteiger partial charge in [-0.1, -0.05) is 13.8 Å². The summed E-state index contributed by atoms with van der Waals surface area (Å²) in [5, 5.41) is 1.05. The van der Waals surface area contributed by atoms with Crippen LogP contribution < -0.4 is 4.57 Å². The van der Waals surface area contributed by atoms with Crippen molar-refractivity contribution in [1.29, 1.82) is 0 Å². The number of nitrogens with zero attached hydrogens (tertiary/aromatic N) is 1. The van der Waals surface area contributed by atoms with Crippen LogP contribution in [0, 0.1) is 32.4 Å². The average Bonchev–Trinajstić information content (AvgIpc) is 2.96. The second kappa shape index (κ2) is 6.40. The van der Waals surface area contributed by atoms with Crippen molar-refractivity contribution in [2.45, 2.75) is 40.5 Å². The quantitative estimate of drug-likeness (QED) is 0.368. The molecule has 0 saturated carbocycles. The number of pyridine rings is 1. The van der Waals surface area contributed by atoms with Gasteiger partial charge in [-0.15, -0.1) is 0 Å². The van der Waals surface area contributed by atoms with E-state index in [-0.39, 0.29) is 11.6 Å². The lowest BCUT2D eigenvalue weighted by Gasteiger charge is -2.12. The maximum atomic E-state index is 15.0. The Balaban J connectivity index is 2.14. The Kier molecular flexibility index (Phi) is 4.25. The first-order valence-corrected chi connectivity index (χ1v) is 9.51. The Hall–Kier alpha value is -2.75. The number of aryl methyl sites for hydroxylation is 4. The summed E-state index contributed by atoms with van der Waals surface area (Å²) in [5.74, 6) is -0.320. The van der Waals surface area contributed by atoms with E-state index in [4.69, 9.17) is 4.42 Å². The van der Waals surface area contributed by atoms with Crippen LogP contribution in [0.4, 0.5) is 8.78 Å². The summed E-state index contributed by atoms with van der Waals surface area (Å²) in [6.45, 7) is 10.1. The van der Waals surface area contributed by atoms with Crippen LogP contribution in [0.2, 0.25) is 0 Å². The van der Waals surface area contributed by atoms with Crippen LogP contribution in [0.5, 0.6) is 0 Å². The minimum Gasteiger partial charge on any atom is -0.455 e. The molecule has 0 spiro atoms. The van der Waals surface area contributed by atoms with E-state index in [2.05, 4.69) is 37.6 Å². The van der Waals surface area contributed by atoms with Crippen LogP contribution in [0.3, 0.4) is 0 Å². The van der Waals surface area contributed by atoms with Gasteiger partial charge >= 0.3 is 0 Å². The van der Waals surface area contributed by atoms with E-state index in [1.807, 2.05) is 14.0 Å². The summed E-state index contributed by atoms with van der Waals surface area (Å²) in [5.41, 5.74) is 6.52. The van der Waals surface area contributed by atoms with E-state index in [9.17, 15) is 8.78 Å². The Labute approximate surface area is 163 Å². The number of fused-ring (bicyclic) bond motifs is 3. The first kappa shape index (κ1) is 18.6. The fraction of sp³-hybridized carbons (Fsp3) is 0.292. The van der Waals surface area contributed by atoms with Gasteiger partial charge in [-0.3, -0.25) is 0 Å². The summed E-state index contributed by atoms with van der Waals surface area (Å²) in [4.78, 5) is 0. The minimum absolute atomic E-state index is 0.345. The molecule has 0 unspecified atom stereocenters. The standard InChI is InChI=1S/C24H24F2NO/c1-12(2)17-11-27(6)19(9-13(17)3)21-15(5)8-18(26)23-22-14(4)7-16(25)10-20(22)28-24(21)23/h7-12H,1-6H3/q+1. The van der Waals surface area contributed by atoms with Crippen molar-refractivity contribution in [3.05, 3.63) is 64.4 Å². The van der Waals surface area contributed by atoms with Crippen molar-refractivity contribution in [2.75, 3.05) is 0 Å². The molecular formula is C24H24F2NO+. The normalized spacial score (nSPS) is 11.9. The highest BCUT2D eigenvalue weighted by atomic mass is 19.1. The Morgan fingerprint density at radius 1 is 0.893 bits per heavy atom. The van der Waals surface area contributed by atoms with Gasteiger partial charge in [0.1, 0.15) is 24.3 Å². The van der Waals surface area contributed by atoms with Crippen molar-refractivity contribution < 1.29 is 17.8 Å². The predicted molar refractivity (Wildman–Crippen MR) is 109 cm³/mol. The number of hydrogen-bond acceptors (Lipinski definition) is 1. The third-order valence-corrected chi connectivity index (χ3v) is 5.56. The van der Waals surface area contributed by atoms with E-state index in [1.54, 1.807) is 13.0 Å². The molecule has 0 aliphatic heterocycles. The van der Waals surface area contributed by atoms with Gasteiger partial charge in [-0.2, -0.15) is 0 Å². The van der Waals surface area contributed by atoms with Crippen LogP contribution in [-0.2, 0) is 7.05 Å². The molecule has 28 heavy (non-hydrogen) atoms. The molecule has 4 aromatic rings. The lowest BCUT2D eigenvalue weighted by atomic mass is 9.95. The van der Waals surface area contributed by atoms with Gasteiger partial charge in [-0.25, -0.2) is 13.3 Å². The average molecular weight is 380 g/mol. The molecule has 2 nitrogen and oxygen atoms in total. The van der Waals surface area contributed by atoms with Gasteiger partial charge in [0.2, 0.25) is 5.69 Å². The Bertz CT molecular complexity index is 1250. The molecule has 2 aromatic carbocycles. The molecular weight excluding hydrogens is 356 g/mol. The molecule has 0 amide bonds. The van der Waals surface area contributed by atoms with Gasteiger partial charge in [0.25, 0.3) is 0 Å². The first-order valence-electron chi connectivity index (χ1n) is 9.51. The van der Waals surface area contributed by atoms with Crippen LogP contribution in [-0.4, -0.2) is 0 Å². The summed E-state index contributed by atoms with van der Waals surface area (Å²) in [6.07, 6.45) is 2.12. The van der Waals surface area contributed by atoms with Crippen molar-refractivity contribution in [3.8, 4) is 11.3 Å². The zero-order valence-corrected chi connectivity index (χ0v) is 17.1. The molecule has 4 heteroatoms. The van der Waals surface area contributed by atoms with Gasteiger partial charge in [0, 0.05) is 23.1 Å². The molecule has 0 N–H and O–H groups in total. The molecule has 4 rings (SSSR count). The second-order valence-electron chi connectivity index (χ2n) is 8.01. The fourth-order valence-corrected chi connectivity index (χ4v) is 4.25. The number of aromatic nitrogens is 1. The summed E-state index contributed by atoms with van der Waals surface area (Å²) in [6, 6.07) is 6.41. The fourth-order valence-electron chi connectivity index (χ4n) is 4.25. The summed E-state index contributed by atoms with van der Waals surface area (Å²) < 4.78 is 37.0. The SMILES string of the molecule is Cc1cc(-c2c(C)cc(F)c3c2oc2cc(F)cc(C)c23)[n+](C)cc1C(C)C. The topological polar surface area (TPSA) is 17.0 Å². The molecule has 0 radical (unpaired) electrons. The van der Waals surface area contributed by atoms with Crippen molar-refractivity contribution in [1.82, 2.24) is 0 Å². The number of benzene rings is 2. The van der Waals surface area contributed by atoms with Crippen molar-refractivity contribution >= 4 is 21.9 Å². The van der Waals surface area contributed by atoms with Gasteiger partial charge in [-0.05, 0) is 55.5 Å². The molecule has 2 heterocycles. The maximum Gasteiger partial charge on any atom is 0.216 e. The zero-order valence-electron chi connectivity index (χ0n) is 17.1. The number of hydrogen-bond donors (Lipinski definition) is 0. The third kappa shape index (κ3) is 2.70. The molecule has 2 aromatic heterocycles. The number of rotatable bonds is 2. The van der Waals surface area contributed by atoms with Gasteiger partial charge in [0.15, 0.2) is 11.8 Å². The molecule has 0 atom stereocenters. The smallest absolute Gasteiger partial charge is 0.216 e. The molecule has 0 fully saturated rings. The number of halogens is 2. The van der Waals surface area contributed by atoms with E-state index < -0.39 is 0 Å². The van der Waals surface area contributed by atoms with Crippen LogP contribution in [0.1, 0.15) is 42.0 Å². The monoisotopic (exact) mass is 380 g/mol. The highest BCUT2D eigenvalue weighted by molar-refractivity contribution is 6.11. The molecule has 144 valence electrons. The Morgan fingerprint density at radius 3 is 2.29 bits per heavy atom. The van der Waals surface area contributed by atoms with Crippen LogP contribution in [0.25, 0.3) is 33.2 Å². The van der Waals surface area contributed by atoms with E-state index >= 15 is 0 Å². The molecule has 0 aliphatic carbocycles. The highest BCUT2D eigenvalue weighted by Gasteiger charge is 2.25. The summed E-state index contributed by atoms with van der Waals surface area (Å²) in [7, 11) is 1.99. The van der Waals surface area contributed by atoms with Gasteiger partial charge < -0.3 is 4.42 Å². The van der Waals surface area contributed by atoms with Crippen molar-refractivity contribution in [3.63, 3.8) is 0 Å². The maximum absolute atomic E-state index is 15.0. The first-order chi connectivity index (χ1) is 13.2. The zero-order chi connectivity index (χ0) is 20.3. The molecule has 0 aliphatic rings. The molecule has 0 saturated heterocycles. The largest absolute Gasteiger partial charge is 0.455 e. The van der Waals surface area contributed by atoms with Gasteiger partial charge in [0.05, 0.1) is 10.9 Å². The lowest BCUT2D eigenvalue weighted by molar-refractivity contribution is -0.660. The number of furan rings is 1. The lowest BCUT2D eigenvalue weighted by Crippen LogP contribution is -2.32. The highest BCUT2D eigenvalue weighted by Crippen LogP contribution is 2.40. The Morgan fingerprint density at radius 2 is 1.61 bits per heavy atom. The third-order valence-electron chi connectivity index (χ3n) is 5.56.